The molecule has 1 aliphatic rings. The fourth-order valence-corrected chi connectivity index (χ4v) is 4.63. The molecular formula is C28H24O. The van der Waals surface area contributed by atoms with Gasteiger partial charge in [-0.15, -0.1) is 0 Å². The Labute approximate surface area is 172 Å². The Morgan fingerprint density at radius 2 is 1.48 bits per heavy atom. The molecule has 0 saturated carbocycles. The van der Waals surface area contributed by atoms with Gasteiger partial charge < -0.3 is 5.11 Å². The first-order valence-electron chi connectivity index (χ1n) is 10.2. The number of rotatable bonds is 3. The van der Waals surface area contributed by atoms with E-state index in [1.165, 1.54) is 50.1 Å². The highest BCUT2D eigenvalue weighted by atomic mass is 16.3. The van der Waals surface area contributed by atoms with Crippen molar-refractivity contribution in [2.75, 3.05) is 0 Å². The van der Waals surface area contributed by atoms with Crippen LogP contribution in [0.1, 0.15) is 33.4 Å². The second-order valence-corrected chi connectivity index (χ2v) is 8.04. The summed E-state index contributed by atoms with van der Waals surface area (Å²) in [5, 5.41) is 9.78. The van der Waals surface area contributed by atoms with Crippen LogP contribution in [0.5, 0.6) is 5.75 Å². The Bertz CT molecular complexity index is 1220. The van der Waals surface area contributed by atoms with Gasteiger partial charge in [-0.3, -0.25) is 0 Å². The summed E-state index contributed by atoms with van der Waals surface area (Å²) in [4.78, 5) is 0. The Balaban J connectivity index is 1.74. The summed E-state index contributed by atoms with van der Waals surface area (Å²) in [5.74, 6) is 0.303. The van der Waals surface area contributed by atoms with E-state index >= 15 is 0 Å². The van der Waals surface area contributed by atoms with E-state index in [4.69, 9.17) is 0 Å². The van der Waals surface area contributed by atoms with E-state index in [0.717, 1.165) is 18.4 Å². The Kier molecular flexibility index (Phi) is 4.24. The lowest BCUT2D eigenvalue weighted by Gasteiger charge is -2.19. The molecule has 0 bridgehead atoms. The molecule has 0 spiro atoms. The Morgan fingerprint density at radius 1 is 0.759 bits per heavy atom. The number of benzene rings is 4. The number of hydrogen-bond donors (Lipinski definition) is 1. The molecule has 1 nitrogen and oxygen atoms in total. The van der Waals surface area contributed by atoms with E-state index in [1.807, 2.05) is 12.1 Å². The molecule has 0 saturated heterocycles. The van der Waals surface area contributed by atoms with E-state index < -0.39 is 0 Å². The Hall–Kier alpha value is -3.32. The first-order chi connectivity index (χ1) is 14.1. The predicted octanol–water partition coefficient (Wildman–Crippen LogP) is 6.84. The zero-order valence-corrected chi connectivity index (χ0v) is 16.9. The smallest absolute Gasteiger partial charge is 0.115 e. The first kappa shape index (κ1) is 17.8. The molecule has 0 amide bonds. The number of aryl methyl sites for hydroxylation is 1. The van der Waals surface area contributed by atoms with E-state index in [9.17, 15) is 5.11 Å². The van der Waals surface area contributed by atoms with Crippen LogP contribution in [-0.4, -0.2) is 5.11 Å². The van der Waals surface area contributed by atoms with Crippen LogP contribution in [0.2, 0.25) is 0 Å². The molecule has 0 heterocycles. The summed E-state index contributed by atoms with van der Waals surface area (Å²) in [6.07, 6.45) is 1.92. The highest BCUT2D eigenvalue weighted by molar-refractivity contribution is 5.85. The molecular weight excluding hydrogens is 352 g/mol. The van der Waals surface area contributed by atoms with Crippen molar-refractivity contribution in [2.45, 2.75) is 26.7 Å². The van der Waals surface area contributed by atoms with Gasteiger partial charge in [-0.05, 0) is 101 Å². The van der Waals surface area contributed by atoms with E-state index in [-0.39, 0.29) is 0 Å². The molecule has 4 aromatic carbocycles. The van der Waals surface area contributed by atoms with Crippen molar-refractivity contribution in [3.8, 4) is 28.0 Å². The van der Waals surface area contributed by atoms with Crippen molar-refractivity contribution in [1.82, 2.24) is 0 Å². The van der Waals surface area contributed by atoms with Gasteiger partial charge in [-0.25, -0.2) is 0 Å². The minimum Gasteiger partial charge on any atom is -0.508 e. The van der Waals surface area contributed by atoms with Crippen LogP contribution in [0.3, 0.4) is 0 Å². The van der Waals surface area contributed by atoms with Crippen molar-refractivity contribution >= 4 is 0 Å². The maximum atomic E-state index is 9.78. The van der Waals surface area contributed by atoms with E-state index in [2.05, 4.69) is 68.4 Å². The zero-order chi connectivity index (χ0) is 20.0. The van der Waals surface area contributed by atoms with Crippen molar-refractivity contribution in [3.05, 3.63) is 112 Å². The second-order valence-electron chi connectivity index (χ2n) is 8.04. The molecule has 1 aliphatic carbocycles. The molecule has 1 heteroatoms. The summed E-state index contributed by atoms with van der Waals surface area (Å²) in [6, 6.07) is 27.4. The fourth-order valence-electron chi connectivity index (χ4n) is 4.63. The lowest BCUT2D eigenvalue weighted by atomic mass is 9.85. The van der Waals surface area contributed by atoms with Crippen molar-refractivity contribution in [3.63, 3.8) is 0 Å². The topological polar surface area (TPSA) is 20.2 Å². The van der Waals surface area contributed by atoms with Gasteiger partial charge in [0.05, 0.1) is 0 Å². The van der Waals surface area contributed by atoms with Gasteiger partial charge in [0.2, 0.25) is 0 Å². The lowest BCUT2D eigenvalue weighted by Crippen LogP contribution is -2.01. The minimum absolute atomic E-state index is 0.303. The normalized spacial score (nSPS) is 11.9. The quantitative estimate of drug-likeness (QED) is 0.365. The average molecular weight is 376 g/mol. The molecule has 4 aromatic rings. The van der Waals surface area contributed by atoms with Crippen LogP contribution in [0.25, 0.3) is 22.3 Å². The number of fused-ring (bicyclic) bond motifs is 3. The van der Waals surface area contributed by atoms with E-state index in [0.29, 0.717) is 5.75 Å². The third kappa shape index (κ3) is 3.03. The van der Waals surface area contributed by atoms with Gasteiger partial charge in [-0.2, -0.15) is 0 Å². The van der Waals surface area contributed by atoms with Gasteiger partial charge in [-0.1, -0.05) is 60.7 Å². The molecule has 5 rings (SSSR count). The summed E-state index contributed by atoms with van der Waals surface area (Å²) in [6.45, 7) is 4.47. The van der Waals surface area contributed by atoms with E-state index in [1.54, 1.807) is 12.1 Å². The predicted molar refractivity (Wildman–Crippen MR) is 121 cm³/mol. The van der Waals surface area contributed by atoms with Crippen LogP contribution < -0.4 is 0 Å². The number of aromatic hydroxyl groups is 1. The summed E-state index contributed by atoms with van der Waals surface area (Å²) in [5.41, 5.74) is 13.5. The maximum Gasteiger partial charge on any atom is 0.115 e. The molecule has 0 aliphatic heterocycles. The highest BCUT2D eigenvalue weighted by Gasteiger charge is 2.24. The molecule has 0 unspecified atom stereocenters. The minimum atomic E-state index is 0.303. The van der Waals surface area contributed by atoms with Crippen LogP contribution in [0.4, 0.5) is 0 Å². The molecule has 0 atom stereocenters. The monoisotopic (exact) mass is 376 g/mol. The third-order valence-corrected chi connectivity index (χ3v) is 6.33. The zero-order valence-electron chi connectivity index (χ0n) is 16.9. The molecule has 29 heavy (non-hydrogen) atoms. The van der Waals surface area contributed by atoms with Crippen LogP contribution in [0.15, 0.2) is 78.9 Å². The third-order valence-electron chi connectivity index (χ3n) is 6.33. The Morgan fingerprint density at radius 3 is 2.28 bits per heavy atom. The highest BCUT2D eigenvalue weighted by Crippen LogP contribution is 2.43. The van der Waals surface area contributed by atoms with Gasteiger partial charge in [0.25, 0.3) is 0 Å². The number of phenolic OH excluding ortho intramolecular Hbond substituents is 1. The first-order valence-corrected chi connectivity index (χ1v) is 10.2. The van der Waals surface area contributed by atoms with Crippen LogP contribution >= 0.6 is 0 Å². The van der Waals surface area contributed by atoms with Crippen molar-refractivity contribution in [1.29, 1.82) is 0 Å². The number of hydrogen-bond acceptors (Lipinski definition) is 1. The molecule has 0 fully saturated rings. The maximum absolute atomic E-state index is 9.78. The summed E-state index contributed by atoms with van der Waals surface area (Å²) < 4.78 is 0. The SMILES string of the molecule is Cc1ccccc1Cc1c(-c2ccc(O)cc2)cc2c(c1C)Cc1ccccc1-2. The number of phenols is 1. The standard InChI is InChI=1S/C28H24O/c1-18-7-3-4-8-21(18)15-25-19(2)26-16-22-9-5-6-10-24(22)28(26)17-27(25)20-11-13-23(29)14-12-20/h3-14,17,29H,15-16H2,1-2H3. The molecule has 0 aromatic heterocycles. The van der Waals surface area contributed by atoms with Gasteiger partial charge in [0, 0.05) is 0 Å². The van der Waals surface area contributed by atoms with Crippen LogP contribution in [0, 0.1) is 13.8 Å². The van der Waals surface area contributed by atoms with Crippen molar-refractivity contribution in [2.24, 2.45) is 0 Å². The average Bonchev–Trinajstić information content (AvgIpc) is 3.11. The molecule has 0 radical (unpaired) electrons. The van der Waals surface area contributed by atoms with Gasteiger partial charge >= 0.3 is 0 Å². The fraction of sp³-hybridized carbons (Fsp3) is 0.143. The second kappa shape index (κ2) is 6.93. The van der Waals surface area contributed by atoms with Crippen molar-refractivity contribution < 1.29 is 5.11 Å². The summed E-state index contributed by atoms with van der Waals surface area (Å²) >= 11 is 0. The summed E-state index contributed by atoms with van der Waals surface area (Å²) in [7, 11) is 0. The molecule has 1 N–H and O–H groups in total. The van der Waals surface area contributed by atoms with Gasteiger partial charge in [0.1, 0.15) is 5.75 Å². The van der Waals surface area contributed by atoms with Gasteiger partial charge in [0.15, 0.2) is 0 Å². The van der Waals surface area contributed by atoms with Crippen LogP contribution in [-0.2, 0) is 12.8 Å². The lowest BCUT2D eigenvalue weighted by molar-refractivity contribution is 0.475. The molecule has 142 valence electrons. The largest absolute Gasteiger partial charge is 0.508 e.